The van der Waals surface area contributed by atoms with Crippen LogP contribution in [0, 0.1) is 24.2 Å². The summed E-state index contributed by atoms with van der Waals surface area (Å²) < 4.78 is 5.89. The summed E-state index contributed by atoms with van der Waals surface area (Å²) >= 11 is 1.48. The maximum Gasteiger partial charge on any atom is 0.220 e. The zero-order valence-corrected chi connectivity index (χ0v) is 15.3. The Morgan fingerprint density at radius 2 is 2.12 bits per heavy atom. The van der Waals surface area contributed by atoms with E-state index in [2.05, 4.69) is 34.9 Å². The minimum absolute atomic E-state index is 0.204. The average molecular weight is 352 g/mol. The molecule has 2 heterocycles. The highest BCUT2D eigenvalue weighted by Gasteiger charge is 2.20. The van der Waals surface area contributed by atoms with Crippen LogP contribution in [0.1, 0.15) is 48.8 Å². The average Bonchev–Trinajstić information content (AvgIpc) is 3.20. The van der Waals surface area contributed by atoms with Gasteiger partial charge >= 0.3 is 0 Å². The Hall–Kier alpha value is -2.52. The van der Waals surface area contributed by atoms with Crippen molar-refractivity contribution in [1.82, 2.24) is 9.97 Å². The molecule has 0 aliphatic carbocycles. The zero-order chi connectivity index (χ0) is 17.8. The van der Waals surface area contributed by atoms with Crippen molar-refractivity contribution in [2.75, 3.05) is 0 Å². The highest BCUT2D eigenvalue weighted by Crippen LogP contribution is 2.28. The second-order valence-electron chi connectivity index (χ2n) is 6.40. The van der Waals surface area contributed by atoms with Crippen molar-refractivity contribution < 1.29 is 4.42 Å². The summed E-state index contributed by atoms with van der Waals surface area (Å²) in [6.45, 7) is 6.19. The Morgan fingerprint density at radius 3 is 2.76 bits per heavy atom. The molecule has 0 amide bonds. The van der Waals surface area contributed by atoms with E-state index < -0.39 is 5.92 Å². The van der Waals surface area contributed by atoms with E-state index in [0.717, 1.165) is 28.2 Å². The van der Waals surface area contributed by atoms with Gasteiger partial charge in [-0.3, -0.25) is 4.99 Å². The number of nitriles is 1. The van der Waals surface area contributed by atoms with Gasteiger partial charge in [0.25, 0.3) is 0 Å². The Bertz CT molecular complexity index is 886. The molecular weight excluding hydrogens is 332 g/mol. The fraction of sp³-hybridized carbons (Fsp3) is 0.368. The van der Waals surface area contributed by atoms with Gasteiger partial charge in [-0.25, -0.2) is 9.97 Å². The van der Waals surface area contributed by atoms with Gasteiger partial charge < -0.3 is 4.42 Å². The highest BCUT2D eigenvalue weighted by atomic mass is 32.1. The van der Waals surface area contributed by atoms with Crippen molar-refractivity contribution >= 4 is 28.7 Å². The molecule has 0 bridgehead atoms. The Balaban J connectivity index is 1.88. The lowest BCUT2D eigenvalue weighted by Gasteiger charge is -2.11. The van der Waals surface area contributed by atoms with Crippen molar-refractivity contribution in [1.29, 1.82) is 5.26 Å². The lowest BCUT2D eigenvalue weighted by atomic mass is 10.0. The second-order valence-corrected chi connectivity index (χ2v) is 7.29. The van der Waals surface area contributed by atoms with Crippen LogP contribution in [0.15, 0.2) is 39.1 Å². The van der Waals surface area contributed by atoms with Gasteiger partial charge in [-0.15, -0.1) is 11.3 Å². The number of rotatable bonds is 6. The second kappa shape index (κ2) is 7.58. The van der Waals surface area contributed by atoms with Gasteiger partial charge in [-0.2, -0.15) is 5.26 Å². The Kier molecular flexibility index (Phi) is 5.25. The summed E-state index contributed by atoms with van der Waals surface area (Å²) in [5.74, 6) is 0.579. The Morgan fingerprint density at radius 1 is 1.32 bits per heavy atom. The fourth-order valence-electron chi connectivity index (χ4n) is 2.56. The van der Waals surface area contributed by atoms with E-state index in [1.165, 1.54) is 11.3 Å². The van der Waals surface area contributed by atoms with E-state index in [0.29, 0.717) is 11.8 Å². The molecule has 0 N–H and O–H groups in total. The molecule has 3 aromatic rings. The van der Waals surface area contributed by atoms with Gasteiger partial charge in [0, 0.05) is 17.3 Å². The number of para-hydroxylation sites is 2. The van der Waals surface area contributed by atoms with Gasteiger partial charge in [-0.1, -0.05) is 26.0 Å². The van der Waals surface area contributed by atoms with Crippen LogP contribution in [0.25, 0.3) is 11.1 Å². The number of thiazole rings is 1. The van der Waals surface area contributed by atoms with Crippen molar-refractivity contribution in [2.24, 2.45) is 10.9 Å². The third-order valence-corrected chi connectivity index (χ3v) is 4.79. The first-order valence-electron chi connectivity index (χ1n) is 8.27. The number of hydrogen-bond acceptors (Lipinski definition) is 6. The molecule has 5 nitrogen and oxygen atoms in total. The lowest BCUT2D eigenvalue weighted by Crippen LogP contribution is -2.04. The van der Waals surface area contributed by atoms with E-state index in [1.807, 2.05) is 36.6 Å². The van der Waals surface area contributed by atoms with Crippen molar-refractivity contribution in [3.63, 3.8) is 0 Å². The van der Waals surface area contributed by atoms with E-state index >= 15 is 0 Å². The first kappa shape index (κ1) is 17.3. The first-order valence-corrected chi connectivity index (χ1v) is 9.15. The number of oxazole rings is 1. The largest absolute Gasteiger partial charge is 0.438 e. The molecular formula is C19H20N4OS. The van der Waals surface area contributed by atoms with Crippen LogP contribution in [0.4, 0.5) is 0 Å². The van der Waals surface area contributed by atoms with Crippen LogP contribution in [0.3, 0.4) is 0 Å². The van der Waals surface area contributed by atoms with Crippen LogP contribution in [-0.2, 0) is 0 Å². The molecule has 0 saturated heterocycles. The molecule has 3 rings (SSSR count). The molecule has 0 aliphatic rings. The van der Waals surface area contributed by atoms with Gasteiger partial charge in [0.1, 0.15) is 22.5 Å². The van der Waals surface area contributed by atoms with Crippen LogP contribution >= 0.6 is 11.3 Å². The quantitative estimate of drug-likeness (QED) is 0.581. The molecule has 2 aromatic heterocycles. The van der Waals surface area contributed by atoms with Crippen molar-refractivity contribution in [3.8, 4) is 6.07 Å². The normalized spacial score (nSPS) is 14.2. The van der Waals surface area contributed by atoms with E-state index in [4.69, 9.17) is 4.42 Å². The predicted octanol–water partition coefficient (Wildman–Crippen LogP) is 5.06. The maximum absolute atomic E-state index is 9.45. The monoisotopic (exact) mass is 352 g/mol. The maximum atomic E-state index is 9.45. The molecule has 0 spiro atoms. The Labute approximate surface area is 151 Å². The van der Waals surface area contributed by atoms with Crippen LogP contribution < -0.4 is 0 Å². The summed E-state index contributed by atoms with van der Waals surface area (Å²) in [4.78, 5) is 13.6. The molecule has 128 valence electrons. The first-order chi connectivity index (χ1) is 12.1. The highest BCUT2D eigenvalue weighted by molar-refractivity contribution is 7.09. The minimum Gasteiger partial charge on any atom is -0.438 e. The SMILES string of the molecule is Cc1csc([C@H](C#N)C=N[C@H](CC(C)C)c2nc3ccccc3o2)n1. The number of fused-ring (bicyclic) bond motifs is 1. The van der Waals surface area contributed by atoms with Gasteiger partial charge in [0.2, 0.25) is 5.89 Å². The lowest BCUT2D eigenvalue weighted by molar-refractivity contribution is 0.419. The van der Waals surface area contributed by atoms with E-state index in [9.17, 15) is 5.26 Å². The zero-order valence-electron chi connectivity index (χ0n) is 14.5. The molecule has 0 aliphatic heterocycles. The van der Waals surface area contributed by atoms with Gasteiger partial charge in [0.15, 0.2) is 5.58 Å². The summed E-state index contributed by atoms with van der Waals surface area (Å²) in [7, 11) is 0. The number of aliphatic imine (C=N–C) groups is 1. The molecule has 1 aromatic carbocycles. The number of aromatic nitrogens is 2. The van der Waals surface area contributed by atoms with Gasteiger partial charge in [0.05, 0.1) is 6.07 Å². The molecule has 25 heavy (non-hydrogen) atoms. The molecule has 6 heteroatoms. The topological polar surface area (TPSA) is 75.1 Å². The van der Waals surface area contributed by atoms with Crippen molar-refractivity contribution in [2.45, 2.75) is 39.2 Å². The standard InChI is InChI=1S/C19H20N4OS/c1-12(2)8-16(18-23-15-6-4-5-7-17(15)24-18)21-10-14(9-20)19-22-13(3)11-25-19/h4-7,10-12,14,16H,8H2,1-3H3/t14-,16-/m1/s1. The summed E-state index contributed by atoms with van der Waals surface area (Å²) in [6, 6.07) is 9.75. The van der Waals surface area contributed by atoms with Crippen LogP contribution in [0.5, 0.6) is 0 Å². The minimum atomic E-state index is -0.447. The third-order valence-electron chi connectivity index (χ3n) is 3.75. The van der Waals surface area contributed by atoms with E-state index in [-0.39, 0.29) is 6.04 Å². The molecule has 0 radical (unpaired) electrons. The summed E-state index contributed by atoms with van der Waals surface area (Å²) in [5.41, 5.74) is 2.51. The van der Waals surface area contributed by atoms with Crippen LogP contribution in [-0.4, -0.2) is 16.2 Å². The third kappa shape index (κ3) is 4.12. The molecule has 0 unspecified atom stereocenters. The van der Waals surface area contributed by atoms with Crippen molar-refractivity contribution in [3.05, 3.63) is 46.2 Å². The summed E-state index contributed by atoms with van der Waals surface area (Å²) in [6.07, 6.45) is 2.48. The predicted molar refractivity (Wildman–Crippen MR) is 99.9 cm³/mol. The van der Waals surface area contributed by atoms with Gasteiger partial charge in [-0.05, 0) is 31.4 Å². The molecule has 2 atom stereocenters. The molecule has 0 fully saturated rings. The number of aryl methyl sites for hydroxylation is 1. The van der Waals surface area contributed by atoms with Crippen LogP contribution in [0.2, 0.25) is 0 Å². The number of nitrogens with zero attached hydrogens (tertiary/aromatic N) is 4. The number of hydrogen-bond donors (Lipinski definition) is 0. The summed E-state index contributed by atoms with van der Waals surface area (Å²) in [5, 5.41) is 12.2. The molecule has 0 saturated carbocycles. The fourth-order valence-corrected chi connectivity index (χ4v) is 3.36. The smallest absolute Gasteiger partial charge is 0.220 e. The van der Waals surface area contributed by atoms with E-state index in [1.54, 1.807) is 6.21 Å². The number of benzene rings is 1.